The number of aromatic nitrogens is 3. The molecule has 3 rings (SSSR count). The third kappa shape index (κ3) is 4.04. The van der Waals surface area contributed by atoms with Crippen LogP contribution in [0.4, 0.5) is 4.39 Å². The molecule has 0 amide bonds. The summed E-state index contributed by atoms with van der Waals surface area (Å²) in [4.78, 5) is 1.95. The Balaban J connectivity index is 1.47. The third-order valence-electron chi connectivity index (χ3n) is 3.84. The van der Waals surface area contributed by atoms with Gasteiger partial charge in [-0.2, -0.15) is 0 Å². The van der Waals surface area contributed by atoms with Crippen molar-refractivity contribution in [1.82, 2.24) is 19.9 Å². The van der Waals surface area contributed by atoms with Crippen molar-refractivity contribution in [3.05, 3.63) is 42.5 Å². The summed E-state index contributed by atoms with van der Waals surface area (Å²) in [5, 5.41) is 27.8. The summed E-state index contributed by atoms with van der Waals surface area (Å²) in [5.74, 6) is 0.176. The first kappa shape index (κ1) is 15.9. The molecule has 8 heteroatoms. The Hall–Kier alpha value is -2.03. The Morgan fingerprint density at radius 3 is 2.78 bits per heavy atom. The maximum atomic E-state index is 12.8. The van der Waals surface area contributed by atoms with E-state index in [2.05, 4.69) is 10.3 Å². The molecule has 3 atom stereocenters. The van der Waals surface area contributed by atoms with Crippen molar-refractivity contribution >= 4 is 0 Å². The Labute approximate surface area is 132 Å². The number of nitrogens with zero attached hydrogens (tertiary/aromatic N) is 4. The molecule has 2 N–H and O–H groups in total. The fourth-order valence-electron chi connectivity index (χ4n) is 2.72. The second-order valence-corrected chi connectivity index (χ2v) is 5.66. The molecule has 1 aliphatic heterocycles. The molecule has 23 heavy (non-hydrogen) atoms. The monoisotopic (exact) mass is 322 g/mol. The lowest BCUT2D eigenvalue weighted by Gasteiger charge is -2.20. The van der Waals surface area contributed by atoms with Crippen LogP contribution in [0, 0.1) is 5.82 Å². The number of halogens is 1. The van der Waals surface area contributed by atoms with Crippen LogP contribution in [0.15, 0.2) is 36.7 Å². The topological polar surface area (TPSA) is 83.6 Å². The average molecular weight is 322 g/mol. The lowest BCUT2D eigenvalue weighted by atomic mass is 10.2. The first-order valence-electron chi connectivity index (χ1n) is 7.44. The summed E-state index contributed by atoms with van der Waals surface area (Å²) in [5.41, 5.74) is 0. The average Bonchev–Trinajstić information content (AvgIpc) is 3.16. The van der Waals surface area contributed by atoms with Gasteiger partial charge in [0.2, 0.25) is 0 Å². The van der Waals surface area contributed by atoms with Gasteiger partial charge in [0.25, 0.3) is 0 Å². The van der Waals surface area contributed by atoms with Gasteiger partial charge in [0, 0.05) is 25.8 Å². The summed E-state index contributed by atoms with van der Waals surface area (Å²) in [6.07, 6.45) is 2.02. The first-order valence-corrected chi connectivity index (χ1v) is 7.44. The SMILES string of the molecule is OC(COc1ccc(F)cc1)CN1C[C@@H](O)[C@H](n2ccnn2)C1. The highest BCUT2D eigenvalue weighted by Crippen LogP contribution is 2.21. The molecule has 124 valence electrons. The van der Waals surface area contributed by atoms with Crippen molar-refractivity contribution in [3.63, 3.8) is 0 Å². The zero-order chi connectivity index (χ0) is 16.2. The summed E-state index contributed by atoms with van der Waals surface area (Å²) in [6, 6.07) is 5.48. The highest BCUT2D eigenvalue weighted by Gasteiger charge is 2.33. The van der Waals surface area contributed by atoms with Crippen LogP contribution in [0.1, 0.15) is 6.04 Å². The summed E-state index contributed by atoms with van der Waals surface area (Å²) in [7, 11) is 0. The molecule has 0 spiro atoms. The number of rotatable bonds is 6. The van der Waals surface area contributed by atoms with Gasteiger partial charge in [-0.3, -0.25) is 4.90 Å². The van der Waals surface area contributed by atoms with Crippen LogP contribution in [-0.4, -0.2) is 68.6 Å². The van der Waals surface area contributed by atoms with Gasteiger partial charge in [0.1, 0.15) is 24.3 Å². The van der Waals surface area contributed by atoms with Crippen LogP contribution in [-0.2, 0) is 0 Å². The number of hydrogen-bond acceptors (Lipinski definition) is 6. The predicted octanol–water partition coefficient (Wildman–Crippen LogP) is 0.0747. The van der Waals surface area contributed by atoms with Crippen LogP contribution < -0.4 is 4.74 Å². The Morgan fingerprint density at radius 2 is 2.09 bits per heavy atom. The summed E-state index contributed by atoms with van der Waals surface area (Å²) >= 11 is 0. The summed E-state index contributed by atoms with van der Waals surface area (Å²) < 4.78 is 19.9. The molecule has 1 unspecified atom stereocenters. The van der Waals surface area contributed by atoms with Crippen molar-refractivity contribution < 1.29 is 19.3 Å². The minimum Gasteiger partial charge on any atom is -0.491 e. The van der Waals surface area contributed by atoms with Crippen molar-refractivity contribution in [2.45, 2.75) is 18.2 Å². The van der Waals surface area contributed by atoms with E-state index in [9.17, 15) is 14.6 Å². The summed E-state index contributed by atoms with van der Waals surface area (Å²) in [6.45, 7) is 1.52. The van der Waals surface area contributed by atoms with Gasteiger partial charge in [0.05, 0.1) is 18.3 Å². The van der Waals surface area contributed by atoms with Crippen molar-refractivity contribution in [2.24, 2.45) is 0 Å². The minimum absolute atomic E-state index is 0.103. The predicted molar refractivity (Wildman–Crippen MR) is 79.4 cm³/mol. The van der Waals surface area contributed by atoms with E-state index in [0.717, 1.165) is 0 Å². The van der Waals surface area contributed by atoms with Crippen molar-refractivity contribution in [1.29, 1.82) is 0 Å². The van der Waals surface area contributed by atoms with Crippen LogP contribution in [0.25, 0.3) is 0 Å². The second-order valence-electron chi connectivity index (χ2n) is 5.66. The minimum atomic E-state index is -0.707. The molecule has 0 saturated carbocycles. The number of likely N-dealkylation sites (tertiary alicyclic amines) is 1. The molecule has 1 fully saturated rings. The zero-order valence-corrected chi connectivity index (χ0v) is 12.5. The standard InChI is InChI=1S/C15H19FN4O3/c16-11-1-3-13(4-2-11)23-10-12(21)7-19-8-14(15(22)9-19)20-6-5-17-18-20/h1-6,12,14-15,21-22H,7-10H2/t12?,14-,15-/m1/s1. The van der Waals surface area contributed by atoms with Gasteiger partial charge in [-0.1, -0.05) is 5.21 Å². The molecule has 0 radical (unpaired) electrons. The van der Waals surface area contributed by atoms with Gasteiger partial charge in [-0.25, -0.2) is 9.07 Å². The molecule has 0 aliphatic carbocycles. The molecule has 0 bridgehead atoms. The molecule has 1 aromatic carbocycles. The van der Waals surface area contributed by atoms with E-state index >= 15 is 0 Å². The molecule has 2 heterocycles. The number of aliphatic hydroxyl groups is 2. The smallest absolute Gasteiger partial charge is 0.123 e. The van der Waals surface area contributed by atoms with E-state index in [0.29, 0.717) is 25.4 Å². The lowest BCUT2D eigenvalue weighted by molar-refractivity contribution is 0.0707. The largest absolute Gasteiger partial charge is 0.491 e. The van der Waals surface area contributed by atoms with Crippen molar-refractivity contribution in [2.75, 3.05) is 26.2 Å². The normalized spacial score (nSPS) is 23.1. The quantitative estimate of drug-likeness (QED) is 0.783. The Kier molecular flexibility index (Phi) is 4.85. The van der Waals surface area contributed by atoms with E-state index in [-0.39, 0.29) is 18.5 Å². The van der Waals surface area contributed by atoms with Gasteiger partial charge >= 0.3 is 0 Å². The molecule has 1 aliphatic rings. The van der Waals surface area contributed by atoms with Crippen LogP contribution in [0.2, 0.25) is 0 Å². The van der Waals surface area contributed by atoms with Gasteiger partial charge in [-0.15, -0.1) is 5.10 Å². The molecule has 1 aromatic heterocycles. The van der Waals surface area contributed by atoms with Crippen molar-refractivity contribution in [3.8, 4) is 5.75 Å². The molecule has 7 nitrogen and oxygen atoms in total. The molecular formula is C15H19FN4O3. The zero-order valence-electron chi connectivity index (χ0n) is 12.5. The maximum absolute atomic E-state index is 12.8. The molecule has 2 aromatic rings. The molecular weight excluding hydrogens is 303 g/mol. The molecule has 1 saturated heterocycles. The number of ether oxygens (including phenoxy) is 1. The maximum Gasteiger partial charge on any atom is 0.123 e. The second kappa shape index (κ2) is 7.03. The number of aliphatic hydroxyl groups excluding tert-OH is 2. The van der Waals surface area contributed by atoms with Gasteiger partial charge in [-0.05, 0) is 24.3 Å². The first-order chi connectivity index (χ1) is 11.1. The van der Waals surface area contributed by atoms with Crippen LogP contribution in [0.3, 0.4) is 0 Å². The Bertz CT molecular complexity index is 608. The fourth-order valence-corrected chi connectivity index (χ4v) is 2.72. The van der Waals surface area contributed by atoms with Crippen LogP contribution >= 0.6 is 0 Å². The van der Waals surface area contributed by atoms with Gasteiger partial charge < -0.3 is 14.9 Å². The lowest BCUT2D eigenvalue weighted by Crippen LogP contribution is -2.34. The van der Waals surface area contributed by atoms with Crippen LogP contribution in [0.5, 0.6) is 5.75 Å². The number of hydrogen-bond donors (Lipinski definition) is 2. The highest BCUT2D eigenvalue weighted by atomic mass is 19.1. The highest BCUT2D eigenvalue weighted by molar-refractivity contribution is 5.22. The van der Waals surface area contributed by atoms with E-state index in [1.54, 1.807) is 17.1 Å². The van der Waals surface area contributed by atoms with E-state index in [1.807, 2.05) is 4.90 Å². The van der Waals surface area contributed by atoms with E-state index < -0.39 is 12.2 Å². The Morgan fingerprint density at radius 1 is 1.30 bits per heavy atom. The fraction of sp³-hybridized carbons (Fsp3) is 0.467. The van der Waals surface area contributed by atoms with E-state index in [4.69, 9.17) is 4.74 Å². The van der Waals surface area contributed by atoms with Gasteiger partial charge in [0.15, 0.2) is 0 Å². The van der Waals surface area contributed by atoms with E-state index in [1.165, 1.54) is 24.3 Å². The third-order valence-corrected chi connectivity index (χ3v) is 3.84. The number of benzene rings is 1. The number of β-amino-alcohol motifs (C(OH)–C–C–N with tert-alkyl or cyclic N) is 2.